The van der Waals surface area contributed by atoms with Crippen molar-refractivity contribution in [3.8, 4) is 11.1 Å². The van der Waals surface area contributed by atoms with Crippen LogP contribution in [0, 0.1) is 11.6 Å². The van der Waals surface area contributed by atoms with E-state index in [1.165, 1.54) is 27.7 Å². The number of nitrogens with zero attached hydrogens (tertiary/aromatic N) is 4. The molecule has 3 aliphatic rings. The van der Waals surface area contributed by atoms with Crippen molar-refractivity contribution in [3.63, 3.8) is 0 Å². The van der Waals surface area contributed by atoms with Crippen molar-refractivity contribution in [2.24, 2.45) is 0 Å². The average molecular weight is 519 g/mol. The fourth-order valence-electron chi connectivity index (χ4n) is 6.08. The van der Waals surface area contributed by atoms with Gasteiger partial charge in [0.25, 0.3) is 0 Å². The van der Waals surface area contributed by atoms with Crippen molar-refractivity contribution < 1.29 is 23.1 Å². The molecule has 1 aromatic heterocycles. The predicted molar refractivity (Wildman–Crippen MR) is 138 cm³/mol. The van der Waals surface area contributed by atoms with Crippen LogP contribution in [-0.2, 0) is 10.2 Å². The number of hydrogen-bond acceptors (Lipinski definition) is 5. The molecule has 2 aromatic carbocycles. The fraction of sp³-hybridized carbons (Fsp3) is 0.345. The predicted octanol–water partition coefficient (Wildman–Crippen LogP) is 5.19. The maximum absolute atomic E-state index is 14.0. The summed E-state index contributed by atoms with van der Waals surface area (Å²) in [6.45, 7) is 2.98. The molecule has 2 aliphatic heterocycles. The third-order valence-electron chi connectivity index (χ3n) is 8.00. The molecule has 196 valence electrons. The highest BCUT2D eigenvalue weighted by Gasteiger charge is 2.46. The van der Waals surface area contributed by atoms with Crippen LogP contribution in [0.1, 0.15) is 30.5 Å². The molecule has 0 saturated carbocycles. The zero-order valence-corrected chi connectivity index (χ0v) is 20.9. The molecule has 2 saturated heterocycles. The SMILES string of the molecule is O=C1OCCN1C(=O)N(CCCN1CCC2(CC1)c1ccccc1-c1cccnc12)c1ccc(F)c(F)c1. The number of aromatic nitrogens is 1. The van der Waals surface area contributed by atoms with Gasteiger partial charge in [-0.05, 0) is 68.2 Å². The van der Waals surface area contributed by atoms with Crippen LogP contribution < -0.4 is 4.90 Å². The maximum atomic E-state index is 14.0. The monoisotopic (exact) mass is 518 g/mol. The normalized spacial score (nSPS) is 17.8. The van der Waals surface area contributed by atoms with Crippen molar-refractivity contribution in [1.82, 2.24) is 14.8 Å². The van der Waals surface area contributed by atoms with Crippen molar-refractivity contribution in [1.29, 1.82) is 0 Å². The summed E-state index contributed by atoms with van der Waals surface area (Å²) in [4.78, 5) is 34.7. The number of carbonyl (C=O) groups is 2. The Bertz CT molecular complexity index is 1340. The molecule has 3 heterocycles. The minimum atomic E-state index is -1.05. The first-order valence-corrected chi connectivity index (χ1v) is 13.0. The molecular weight excluding hydrogens is 490 g/mol. The first-order valence-electron chi connectivity index (χ1n) is 13.0. The Hall–Kier alpha value is -3.85. The van der Waals surface area contributed by atoms with E-state index in [9.17, 15) is 18.4 Å². The highest BCUT2D eigenvalue weighted by atomic mass is 19.2. The van der Waals surface area contributed by atoms with E-state index < -0.39 is 23.8 Å². The first kappa shape index (κ1) is 24.5. The van der Waals surface area contributed by atoms with E-state index in [-0.39, 0.29) is 30.8 Å². The summed E-state index contributed by atoms with van der Waals surface area (Å²) < 4.78 is 32.5. The number of halogens is 2. The molecule has 7 nitrogen and oxygen atoms in total. The quantitative estimate of drug-likeness (QED) is 0.465. The number of anilines is 1. The number of fused-ring (bicyclic) bond motifs is 5. The Morgan fingerprint density at radius 1 is 1.00 bits per heavy atom. The van der Waals surface area contributed by atoms with E-state index in [0.29, 0.717) is 6.42 Å². The summed E-state index contributed by atoms with van der Waals surface area (Å²) in [6, 6.07) is 15.5. The van der Waals surface area contributed by atoms with Gasteiger partial charge in [0, 0.05) is 35.5 Å². The molecule has 0 N–H and O–H groups in total. The molecular formula is C29H28F2N4O3. The van der Waals surface area contributed by atoms with Gasteiger partial charge in [0.2, 0.25) is 0 Å². The van der Waals surface area contributed by atoms with Crippen LogP contribution in [0.5, 0.6) is 0 Å². The number of carbonyl (C=O) groups excluding carboxylic acids is 2. The number of hydrogen-bond donors (Lipinski definition) is 0. The number of piperidine rings is 1. The highest BCUT2D eigenvalue weighted by Crippen LogP contribution is 2.52. The largest absolute Gasteiger partial charge is 0.447 e. The van der Waals surface area contributed by atoms with Crippen LogP contribution >= 0.6 is 0 Å². The molecule has 1 spiro atoms. The Balaban J connectivity index is 1.14. The lowest BCUT2D eigenvalue weighted by atomic mass is 9.73. The molecule has 38 heavy (non-hydrogen) atoms. The van der Waals surface area contributed by atoms with Crippen LogP contribution in [-0.4, -0.2) is 66.2 Å². The molecule has 3 aromatic rings. The highest BCUT2D eigenvalue weighted by molar-refractivity contribution is 6.01. The summed E-state index contributed by atoms with van der Waals surface area (Å²) in [5.41, 5.74) is 5.11. The third-order valence-corrected chi connectivity index (χ3v) is 8.00. The number of likely N-dealkylation sites (tertiary alicyclic amines) is 1. The second-order valence-corrected chi connectivity index (χ2v) is 10.0. The van der Waals surface area contributed by atoms with E-state index in [1.807, 2.05) is 12.3 Å². The van der Waals surface area contributed by atoms with Gasteiger partial charge >= 0.3 is 12.1 Å². The minimum Gasteiger partial charge on any atom is -0.447 e. The smallest absolute Gasteiger partial charge is 0.418 e. The maximum Gasteiger partial charge on any atom is 0.418 e. The third kappa shape index (κ3) is 4.11. The van der Waals surface area contributed by atoms with Gasteiger partial charge in [-0.1, -0.05) is 30.3 Å². The van der Waals surface area contributed by atoms with Crippen LogP contribution in [0.2, 0.25) is 0 Å². The molecule has 3 amide bonds. The zero-order valence-electron chi connectivity index (χ0n) is 20.9. The standard InChI is InChI=1S/C29H28F2N4O3/c30-24-9-8-20(19-25(24)31)34(27(36)35-17-18-38-28(35)37)14-4-13-33-15-10-29(11-16-33)23-7-2-1-5-21(23)22-6-3-12-32-26(22)29/h1-3,5-9,12,19H,4,10-11,13-18H2. The Labute approximate surface area is 219 Å². The summed E-state index contributed by atoms with van der Waals surface area (Å²) >= 11 is 0. The van der Waals surface area contributed by atoms with Gasteiger partial charge in [0.1, 0.15) is 6.61 Å². The number of cyclic esters (lactones) is 1. The summed E-state index contributed by atoms with van der Waals surface area (Å²) in [7, 11) is 0. The van der Waals surface area contributed by atoms with Crippen LogP contribution in [0.25, 0.3) is 11.1 Å². The lowest BCUT2D eigenvalue weighted by Gasteiger charge is -2.40. The molecule has 6 rings (SSSR count). The summed E-state index contributed by atoms with van der Waals surface area (Å²) in [5, 5.41) is 0. The van der Waals surface area contributed by atoms with Crippen LogP contribution in [0.4, 0.5) is 24.1 Å². The Kier molecular flexibility index (Phi) is 6.31. The van der Waals surface area contributed by atoms with Gasteiger partial charge < -0.3 is 9.64 Å². The molecule has 0 unspecified atom stereocenters. The van der Waals surface area contributed by atoms with E-state index in [4.69, 9.17) is 9.72 Å². The number of urea groups is 1. The molecule has 1 aliphatic carbocycles. The number of rotatable bonds is 5. The topological polar surface area (TPSA) is 66.0 Å². The Morgan fingerprint density at radius 2 is 1.79 bits per heavy atom. The van der Waals surface area contributed by atoms with Crippen LogP contribution in [0.15, 0.2) is 60.8 Å². The number of amides is 3. The lowest BCUT2D eigenvalue weighted by molar-refractivity contribution is 0.159. The van der Waals surface area contributed by atoms with E-state index in [2.05, 4.69) is 35.2 Å². The first-order chi connectivity index (χ1) is 18.5. The van der Waals surface area contributed by atoms with Crippen molar-refractivity contribution in [2.75, 3.05) is 44.2 Å². The number of ether oxygens (including phenoxy) is 1. The number of pyridine rings is 1. The van der Waals surface area contributed by atoms with Crippen LogP contribution in [0.3, 0.4) is 0 Å². The molecule has 2 fully saturated rings. The van der Waals surface area contributed by atoms with Crippen molar-refractivity contribution >= 4 is 17.8 Å². The van der Waals surface area contributed by atoms with Gasteiger partial charge in [-0.25, -0.2) is 23.3 Å². The minimum absolute atomic E-state index is 0.0898. The van der Waals surface area contributed by atoms with E-state index in [0.717, 1.165) is 55.2 Å². The Morgan fingerprint density at radius 3 is 2.55 bits per heavy atom. The fourth-order valence-corrected chi connectivity index (χ4v) is 6.08. The van der Waals surface area contributed by atoms with Gasteiger partial charge in [-0.3, -0.25) is 9.88 Å². The molecule has 0 radical (unpaired) electrons. The van der Waals surface area contributed by atoms with E-state index >= 15 is 0 Å². The second-order valence-electron chi connectivity index (χ2n) is 10.0. The van der Waals surface area contributed by atoms with Gasteiger partial charge in [-0.15, -0.1) is 0 Å². The molecule has 0 atom stereocenters. The summed E-state index contributed by atoms with van der Waals surface area (Å²) in [6.07, 6.45) is 3.64. The van der Waals surface area contributed by atoms with Gasteiger partial charge in [-0.2, -0.15) is 0 Å². The number of benzene rings is 2. The molecule has 9 heteroatoms. The van der Waals surface area contributed by atoms with Crippen molar-refractivity contribution in [3.05, 3.63) is 83.7 Å². The second kappa shape index (κ2) is 9.79. The van der Waals surface area contributed by atoms with Gasteiger partial charge in [0.05, 0.1) is 12.2 Å². The van der Waals surface area contributed by atoms with E-state index in [1.54, 1.807) is 0 Å². The summed E-state index contributed by atoms with van der Waals surface area (Å²) in [5.74, 6) is -2.04. The number of imide groups is 1. The average Bonchev–Trinajstić information content (AvgIpc) is 3.49. The zero-order chi connectivity index (χ0) is 26.3. The van der Waals surface area contributed by atoms with Crippen molar-refractivity contribution in [2.45, 2.75) is 24.7 Å². The molecule has 0 bridgehead atoms. The van der Waals surface area contributed by atoms with Gasteiger partial charge in [0.15, 0.2) is 11.6 Å². The lowest BCUT2D eigenvalue weighted by Crippen LogP contribution is -2.46.